The molecule has 0 atom stereocenters. The summed E-state index contributed by atoms with van der Waals surface area (Å²) in [6.07, 6.45) is -1.83. The molecule has 2 N–H and O–H groups in total. The lowest BCUT2D eigenvalue weighted by molar-refractivity contribution is -0.137. The molecular weight excluding hydrogens is 377 g/mol. The van der Waals surface area contributed by atoms with Crippen LogP contribution < -0.4 is 5.73 Å². The van der Waals surface area contributed by atoms with Crippen LogP contribution in [0.4, 0.5) is 18.9 Å². The van der Waals surface area contributed by atoms with Crippen LogP contribution in [0.25, 0.3) is 28.3 Å². The number of fused-ring (bicyclic) bond motifs is 2. The number of nitrogen functional groups attached to an aromatic ring is 1. The first-order valence-corrected chi connectivity index (χ1v) is 9.08. The number of nitrogens with zero attached hydrogens (tertiary/aromatic N) is 5. The molecule has 4 heterocycles. The summed E-state index contributed by atoms with van der Waals surface area (Å²) in [6, 6.07) is 4.52. The zero-order valence-corrected chi connectivity index (χ0v) is 15.3. The first-order valence-electron chi connectivity index (χ1n) is 8.10. The van der Waals surface area contributed by atoms with Gasteiger partial charge in [0, 0.05) is 31.2 Å². The summed E-state index contributed by atoms with van der Waals surface area (Å²) in [5, 5.41) is 0.849. The van der Waals surface area contributed by atoms with Crippen molar-refractivity contribution < 1.29 is 13.2 Å². The van der Waals surface area contributed by atoms with Gasteiger partial charge >= 0.3 is 6.18 Å². The zero-order chi connectivity index (χ0) is 19.3. The summed E-state index contributed by atoms with van der Waals surface area (Å²) in [5.41, 5.74) is 7.37. The first-order chi connectivity index (χ1) is 12.8. The number of halogens is 3. The standard InChI is InChI=1S/C17H15F3N6S/c1-3-27-16-13(24-12-7-10(21)4-5-26(12)16)15-23-11-6-9(17(18,19)20)8-22-14(11)25(15)2/h4-8H,3,21H2,1-2H3. The smallest absolute Gasteiger partial charge is 0.399 e. The summed E-state index contributed by atoms with van der Waals surface area (Å²) in [4.78, 5) is 13.0. The SMILES string of the molecule is CCSc1c(-c2nc3cc(C(F)(F)F)cnc3n2C)nc2cc(N)ccn12. The molecule has 4 aromatic heterocycles. The number of hydrogen-bond donors (Lipinski definition) is 1. The highest BCUT2D eigenvalue weighted by molar-refractivity contribution is 7.99. The Kier molecular flexibility index (Phi) is 4.02. The van der Waals surface area contributed by atoms with E-state index >= 15 is 0 Å². The molecule has 0 aliphatic carbocycles. The van der Waals surface area contributed by atoms with Crippen molar-refractivity contribution in [3.8, 4) is 11.5 Å². The molecule has 0 fully saturated rings. The van der Waals surface area contributed by atoms with Gasteiger partial charge in [0.25, 0.3) is 0 Å². The van der Waals surface area contributed by atoms with E-state index in [9.17, 15) is 13.2 Å². The lowest BCUT2D eigenvalue weighted by Gasteiger charge is -2.05. The third-order valence-electron chi connectivity index (χ3n) is 4.14. The van der Waals surface area contributed by atoms with E-state index in [1.54, 1.807) is 35.5 Å². The van der Waals surface area contributed by atoms with Crippen molar-refractivity contribution in [3.63, 3.8) is 0 Å². The molecule has 0 aromatic carbocycles. The predicted molar refractivity (Wildman–Crippen MR) is 98.5 cm³/mol. The van der Waals surface area contributed by atoms with E-state index in [0.29, 0.717) is 28.5 Å². The Labute approximate surface area is 156 Å². The monoisotopic (exact) mass is 392 g/mol. The van der Waals surface area contributed by atoms with Crippen molar-refractivity contribution in [2.45, 2.75) is 18.1 Å². The number of aryl methyl sites for hydroxylation is 1. The number of nitrogens with two attached hydrogens (primary N) is 1. The highest BCUT2D eigenvalue weighted by Gasteiger charge is 2.32. The van der Waals surface area contributed by atoms with Crippen LogP contribution in [-0.4, -0.2) is 29.7 Å². The van der Waals surface area contributed by atoms with Crippen LogP contribution >= 0.6 is 11.8 Å². The Hall–Kier alpha value is -2.75. The van der Waals surface area contributed by atoms with Crippen molar-refractivity contribution in [1.82, 2.24) is 23.9 Å². The second-order valence-electron chi connectivity index (χ2n) is 5.95. The second-order valence-corrected chi connectivity index (χ2v) is 7.20. The molecule has 0 bridgehead atoms. The number of alkyl halides is 3. The van der Waals surface area contributed by atoms with Crippen LogP contribution in [0.15, 0.2) is 35.6 Å². The van der Waals surface area contributed by atoms with Gasteiger partial charge in [0.2, 0.25) is 0 Å². The lowest BCUT2D eigenvalue weighted by Crippen LogP contribution is -2.05. The highest BCUT2D eigenvalue weighted by Crippen LogP contribution is 2.35. The molecule has 0 radical (unpaired) electrons. The highest BCUT2D eigenvalue weighted by atomic mass is 32.2. The predicted octanol–water partition coefficient (Wildman–Crippen LogP) is 4.00. The Balaban J connectivity index is 1.96. The minimum absolute atomic E-state index is 0.173. The molecule has 4 rings (SSSR count). The quantitative estimate of drug-likeness (QED) is 0.534. The number of pyridine rings is 2. The minimum Gasteiger partial charge on any atom is -0.399 e. The summed E-state index contributed by atoms with van der Waals surface area (Å²) in [5.74, 6) is 1.25. The van der Waals surface area contributed by atoms with Gasteiger partial charge in [-0.05, 0) is 17.9 Å². The van der Waals surface area contributed by atoms with E-state index < -0.39 is 11.7 Å². The average Bonchev–Trinajstić information content (AvgIpc) is 3.12. The third kappa shape index (κ3) is 2.89. The molecule has 0 unspecified atom stereocenters. The van der Waals surface area contributed by atoms with Crippen LogP contribution in [0.1, 0.15) is 12.5 Å². The number of imidazole rings is 2. The van der Waals surface area contributed by atoms with Crippen LogP contribution in [0.2, 0.25) is 0 Å². The summed E-state index contributed by atoms with van der Waals surface area (Å²) >= 11 is 1.57. The number of hydrogen-bond acceptors (Lipinski definition) is 5. The summed E-state index contributed by atoms with van der Waals surface area (Å²) in [7, 11) is 1.71. The molecule has 6 nitrogen and oxygen atoms in total. The number of aromatic nitrogens is 5. The normalized spacial score (nSPS) is 12.3. The maximum atomic E-state index is 13.0. The van der Waals surface area contributed by atoms with E-state index in [-0.39, 0.29) is 5.52 Å². The Bertz CT molecular complexity index is 1160. The van der Waals surface area contributed by atoms with Crippen molar-refractivity contribution in [2.75, 3.05) is 11.5 Å². The van der Waals surface area contributed by atoms with Crippen molar-refractivity contribution >= 4 is 34.3 Å². The molecule has 0 aliphatic rings. The van der Waals surface area contributed by atoms with Gasteiger partial charge in [-0.3, -0.25) is 4.40 Å². The number of thioether (sulfide) groups is 1. The van der Waals surface area contributed by atoms with E-state index in [2.05, 4.69) is 15.0 Å². The van der Waals surface area contributed by atoms with Crippen molar-refractivity contribution in [2.24, 2.45) is 7.05 Å². The molecule has 0 spiro atoms. The fraction of sp³-hybridized carbons (Fsp3) is 0.235. The molecule has 0 saturated carbocycles. The fourth-order valence-electron chi connectivity index (χ4n) is 2.90. The van der Waals surface area contributed by atoms with Crippen LogP contribution in [0, 0.1) is 0 Å². The Morgan fingerprint density at radius 1 is 1.22 bits per heavy atom. The van der Waals surface area contributed by atoms with Crippen LogP contribution in [0.5, 0.6) is 0 Å². The van der Waals surface area contributed by atoms with Gasteiger partial charge in [-0.2, -0.15) is 13.2 Å². The molecular formula is C17H15F3N6S. The molecule has 27 heavy (non-hydrogen) atoms. The minimum atomic E-state index is -4.47. The Morgan fingerprint density at radius 2 is 2.00 bits per heavy atom. The van der Waals surface area contributed by atoms with E-state index in [0.717, 1.165) is 23.0 Å². The Morgan fingerprint density at radius 3 is 2.70 bits per heavy atom. The van der Waals surface area contributed by atoms with Gasteiger partial charge in [-0.1, -0.05) is 6.92 Å². The van der Waals surface area contributed by atoms with Crippen LogP contribution in [-0.2, 0) is 13.2 Å². The lowest BCUT2D eigenvalue weighted by atomic mass is 10.2. The van der Waals surface area contributed by atoms with E-state index in [1.165, 1.54) is 0 Å². The van der Waals surface area contributed by atoms with Crippen molar-refractivity contribution in [3.05, 3.63) is 36.2 Å². The first kappa shape index (κ1) is 17.7. The zero-order valence-electron chi connectivity index (χ0n) is 14.4. The molecule has 0 saturated heterocycles. The maximum absolute atomic E-state index is 13.0. The van der Waals surface area contributed by atoms with Gasteiger partial charge in [0.15, 0.2) is 11.5 Å². The molecule has 0 amide bonds. The molecule has 0 aliphatic heterocycles. The van der Waals surface area contributed by atoms with Gasteiger partial charge in [-0.15, -0.1) is 11.8 Å². The number of anilines is 1. The van der Waals surface area contributed by atoms with E-state index in [1.807, 2.05) is 17.5 Å². The van der Waals surface area contributed by atoms with Gasteiger partial charge in [-0.25, -0.2) is 15.0 Å². The topological polar surface area (TPSA) is 74.0 Å². The van der Waals surface area contributed by atoms with Crippen LogP contribution in [0.3, 0.4) is 0 Å². The van der Waals surface area contributed by atoms with Gasteiger partial charge in [0.05, 0.1) is 5.56 Å². The van der Waals surface area contributed by atoms with Gasteiger partial charge < -0.3 is 10.3 Å². The molecule has 140 valence electrons. The number of rotatable bonds is 3. The summed E-state index contributed by atoms with van der Waals surface area (Å²) in [6.45, 7) is 2.01. The third-order valence-corrected chi connectivity index (χ3v) is 5.09. The van der Waals surface area contributed by atoms with Crippen molar-refractivity contribution in [1.29, 1.82) is 0 Å². The molecule has 10 heteroatoms. The fourth-order valence-corrected chi connectivity index (χ4v) is 3.74. The molecule has 4 aromatic rings. The second kappa shape index (κ2) is 6.15. The summed E-state index contributed by atoms with van der Waals surface area (Å²) < 4.78 is 42.5. The van der Waals surface area contributed by atoms with Gasteiger partial charge in [0.1, 0.15) is 21.9 Å². The van der Waals surface area contributed by atoms with E-state index in [4.69, 9.17) is 5.73 Å². The maximum Gasteiger partial charge on any atom is 0.417 e. The average molecular weight is 392 g/mol. The largest absolute Gasteiger partial charge is 0.417 e.